The maximum Gasteiger partial charge on any atom is 0.408 e. The second-order valence-electron chi connectivity index (χ2n) is 14.2. The Morgan fingerprint density at radius 1 is 1.02 bits per heavy atom. The van der Waals surface area contributed by atoms with Gasteiger partial charge in [0.15, 0.2) is 23.8 Å². The van der Waals surface area contributed by atoms with Gasteiger partial charge in [-0.1, -0.05) is 27.7 Å². The number of esters is 2. The normalized spacial score (nSPS) is 41.4. The van der Waals surface area contributed by atoms with Crippen molar-refractivity contribution in [1.82, 2.24) is 10.2 Å². The van der Waals surface area contributed by atoms with Crippen LogP contribution in [0.2, 0.25) is 0 Å². The molecule has 0 aromatic rings. The summed E-state index contributed by atoms with van der Waals surface area (Å²) in [5, 5.41) is 2.70. The fourth-order valence-electron chi connectivity index (χ4n) is 7.62. The lowest BCUT2D eigenvalue weighted by molar-refractivity contribution is -0.295. The van der Waals surface area contributed by atoms with E-state index in [1.807, 2.05) is 25.9 Å². The fourth-order valence-corrected chi connectivity index (χ4v) is 7.62. The zero-order chi connectivity index (χ0) is 36.5. The van der Waals surface area contributed by atoms with Gasteiger partial charge in [0, 0.05) is 24.7 Å². The first-order valence-electron chi connectivity index (χ1n) is 16.6. The average Bonchev–Trinajstić information content (AvgIpc) is 3.30. The number of ketones is 2. The Hall–Kier alpha value is -3.30. The van der Waals surface area contributed by atoms with Crippen molar-refractivity contribution in [3.8, 4) is 0 Å². The highest BCUT2D eigenvalue weighted by Crippen LogP contribution is 2.40. The van der Waals surface area contributed by atoms with Gasteiger partial charge in [-0.3, -0.25) is 19.2 Å². The van der Waals surface area contributed by atoms with E-state index in [0.29, 0.717) is 6.42 Å². The Balaban J connectivity index is 2.19. The van der Waals surface area contributed by atoms with Gasteiger partial charge in [-0.2, -0.15) is 0 Å². The van der Waals surface area contributed by atoms with E-state index in [-0.39, 0.29) is 30.8 Å². The molecule has 0 aromatic heterocycles. The van der Waals surface area contributed by atoms with Crippen LogP contribution in [0.1, 0.15) is 81.6 Å². The number of carbonyl (C=O) groups is 6. The van der Waals surface area contributed by atoms with Gasteiger partial charge < -0.3 is 44.4 Å². The molecule has 0 bridgehead atoms. The molecule has 48 heavy (non-hydrogen) atoms. The number of hydrogen-bond acceptors (Lipinski definition) is 13. The van der Waals surface area contributed by atoms with Crippen LogP contribution in [0.25, 0.3) is 0 Å². The van der Waals surface area contributed by atoms with E-state index >= 15 is 0 Å². The number of carbonyl (C=O) groups excluding carboxylic acids is 6. The van der Waals surface area contributed by atoms with E-state index in [0.717, 1.165) is 0 Å². The minimum Gasteiger partial charge on any atom is -0.458 e. The molecule has 0 spiro atoms. The van der Waals surface area contributed by atoms with Crippen LogP contribution in [0, 0.1) is 23.7 Å². The summed E-state index contributed by atoms with van der Waals surface area (Å²) in [5.74, 6) is -6.62. The SMILES string of the molecule is CC[C@H]1OC(=O)[C@H](C)C(=O)[C@H](C)[C@@H](O[C@@H]2O[C@H](C)C[C@H](N(C)C)[C@H]2OC(C)=O)[C@](C)(OC(N)=O)C[C@@H](C)C(=O)[C@H](C)[C@H]2NC(=O)O[C@@]21C. The average molecular weight is 684 g/mol. The Morgan fingerprint density at radius 2 is 1.65 bits per heavy atom. The van der Waals surface area contributed by atoms with Crippen molar-refractivity contribution in [2.45, 2.75) is 136 Å². The van der Waals surface area contributed by atoms with Crippen molar-refractivity contribution >= 4 is 35.7 Å². The topological polar surface area (TPSA) is 199 Å². The number of amides is 2. The molecule has 13 atom stereocenters. The molecule has 0 aliphatic carbocycles. The number of nitrogens with two attached hydrogens (primary N) is 1. The highest BCUT2D eigenvalue weighted by molar-refractivity contribution is 6.00. The number of cyclic esters (lactones) is 1. The molecule has 3 aliphatic heterocycles. The molecule has 0 unspecified atom stereocenters. The summed E-state index contributed by atoms with van der Waals surface area (Å²) in [5.41, 5.74) is 2.39. The molecule has 3 aliphatic rings. The van der Waals surface area contributed by atoms with Crippen molar-refractivity contribution in [2.75, 3.05) is 14.1 Å². The van der Waals surface area contributed by atoms with E-state index in [4.69, 9.17) is 34.2 Å². The molecule has 2 amide bonds. The largest absolute Gasteiger partial charge is 0.458 e. The first kappa shape index (κ1) is 39.1. The molecule has 3 N–H and O–H groups in total. The van der Waals surface area contributed by atoms with Crippen LogP contribution in [-0.4, -0.2) is 109 Å². The molecule has 3 saturated heterocycles. The summed E-state index contributed by atoms with van der Waals surface area (Å²) < 4.78 is 35.6. The van der Waals surface area contributed by atoms with Gasteiger partial charge in [0.2, 0.25) is 0 Å². The van der Waals surface area contributed by atoms with Crippen molar-refractivity contribution in [3.63, 3.8) is 0 Å². The number of nitrogens with zero attached hydrogens (tertiary/aromatic N) is 1. The third-order valence-electron chi connectivity index (χ3n) is 10.1. The van der Waals surface area contributed by atoms with Gasteiger partial charge in [-0.25, -0.2) is 9.59 Å². The first-order chi connectivity index (χ1) is 22.2. The number of ether oxygens (including phenoxy) is 6. The lowest BCUT2D eigenvalue weighted by Crippen LogP contribution is -2.61. The minimum absolute atomic E-state index is 0.173. The van der Waals surface area contributed by atoms with Crippen LogP contribution in [0.4, 0.5) is 9.59 Å². The maximum absolute atomic E-state index is 14.1. The summed E-state index contributed by atoms with van der Waals surface area (Å²) in [4.78, 5) is 81.0. The Morgan fingerprint density at radius 3 is 2.19 bits per heavy atom. The molecule has 3 fully saturated rings. The molecular formula is C33H53N3O12. The molecule has 15 heteroatoms. The quantitative estimate of drug-likeness (QED) is 0.235. The summed E-state index contributed by atoms with van der Waals surface area (Å²) in [6, 6.07) is -1.25. The standard InChI is InChI=1S/C33H53N3O12/c1-12-22-33(9)26(35-31(42)48-33)17(4)23(38)15(2)14-32(8,47-30(34)41)27(18(5)24(39)19(6)28(40)45-22)46-29-25(44-20(7)37)21(36(10)11)13-16(3)43-29/h15-19,21-22,25-27,29H,12-14H2,1-11H3,(H2,34,41)(H,35,42)/t15-,16-,17+,18+,19-,21+,22-,25-,26-,27-,29+,32-,33-/m1/s1. The van der Waals surface area contributed by atoms with Gasteiger partial charge in [-0.05, 0) is 61.1 Å². The molecule has 0 radical (unpaired) electrons. The monoisotopic (exact) mass is 683 g/mol. The molecule has 0 saturated carbocycles. The van der Waals surface area contributed by atoms with Gasteiger partial charge in [0.1, 0.15) is 29.5 Å². The zero-order valence-electron chi connectivity index (χ0n) is 29.9. The summed E-state index contributed by atoms with van der Waals surface area (Å²) in [7, 11) is 3.64. The second kappa shape index (κ2) is 15.1. The van der Waals surface area contributed by atoms with Crippen molar-refractivity contribution < 1.29 is 57.2 Å². The smallest absolute Gasteiger partial charge is 0.408 e. The van der Waals surface area contributed by atoms with Crippen LogP contribution in [0.5, 0.6) is 0 Å². The molecule has 272 valence electrons. The molecule has 3 heterocycles. The van der Waals surface area contributed by atoms with E-state index in [9.17, 15) is 28.8 Å². The van der Waals surface area contributed by atoms with Gasteiger partial charge in [-0.15, -0.1) is 0 Å². The highest BCUT2D eigenvalue weighted by Gasteiger charge is 2.57. The van der Waals surface area contributed by atoms with Crippen molar-refractivity contribution in [2.24, 2.45) is 29.4 Å². The predicted octanol–water partition coefficient (Wildman–Crippen LogP) is 2.50. The van der Waals surface area contributed by atoms with Crippen LogP contribution in [0.15, 0.2) is 0 Å². The number of nitrogens with one attached hydrogen (secondary N) is 1. The lowest BCUT2D eigenvalue weighted by atomic mass is 9.73. The first-order valence-corrected chi connectivity index (χ1v) is 16.6. The van der Waals surface area contributed by atoms with Crippen molar-refractivity contribution in [3.05, 3.63) is 0 Å². The molecular weight excluding hydrogens is 630 g/mol. The van der Waals surface area contributed by atoms with Crippen LogP contribution in [0.3, 0.4) is 0 Å². The van der Waals surface area contributed by atoms with Gasteiger partial charge in [0.05, 0.1) is 18.2 Å². The van der Waals surface area contributed by atoms with E-state index in [1.165, 1.54) is 27.7 Å². The van der Waals surface area contributed by atoms with E-state index < -0.39 is 95.4 Å². The van der Waals surface area contributed by atoms with Crippen LogP contribution >= 0.6 is 0 Å². The Labute approximate surface area is 282 Å². The minimum atomic E-state index is -1.76. The molecule has 15 nitrogen and oxygen atoms in total. The van der Waals surface area contributed by atoms with Gasteiger partial charge in [0.25, 0.3) is 0 Å². The number of likely N-dealkylation sites (N-methyl/N-ethyl adjacent to an activating group) is 1. The Kier molecular flexibility index (Phi) is 12.3. The number of rotatable bonds is 6. The summed E-state index contributed by atoms with van der Waals surface area (Å²) in [6.07, 6.45) is -6.37. The van der Waals surface area contributed by atoms with Gasteiger partial charge >= 0.3 is 24.1 Å². The summed E-state index contributed by atoms with van der Waals surface area (Å²) in [6.45, 7) is 14.1. The van der Waals surface area contributed by atoms with E-state index in [1.54, 1.807) is 27.7 Å². The van der Waals surface area contributed by atoms with E-state index in [2.05, 4.69) is 5.32 Å². The van der Waals surface area contributed by atoms with Crippen molar-refractivity contribution in [1.29, 1.82) is 0 Å². The lowest BCUT2D eigenvalue weighted by Gasteiger charge is -2.47. The van der Waals surface area contributed by atoms with Crippen LogP contribution < -0.4 is 11.1 Å². The number of primary amides is 1. The molecule has 0 aromatic carbocycles. The predicted molar refractivity (Wildman–Crippen MR) is 169 cm³/mol. The number of fused-ring (bicyclic) bond motifs is 1. The highest BCUT2D eigenvalue weighted by atomic mass is 16.7. The molecule has 3 rings (SSSR count). The second-order valence-corrected chi connectivity index (χ2v) is 14.2. The number of Topliss-reactive ketones (excluding diaryl/α,β-unsaturated/α-hetero) is 2. The number of alkyl carbamates (subject to hydrolysis) is 1. The zero-order valence-corrected chi connectivity index (χ0v) is 29.9. The number of hydrogen-bond donors (Lipinski definition) is 2. The fraction of sp³-hybridized carbons (Fsp3) is 0.818. The Bertz CT molecular complexity index is 1260. The summed E-state index contributed by atoms with van der Waals surface area (Å²) >= 11 is 0. The maximum atomic E-state index is 14.1. The van der Waals surface area contributed by atoms with Crippen LogP contribution in [-0.2, 0) is 47.6 Å². The third-order valence-corrected chi connectivity index (χ3v) is 10.1. The third kappa shape index (κ3) is 8.11.